The van der Waals surface area contributed by atoms with Crippen LogP contribution in [0.15, 0.2) is 55.1 Å². The molecule has 0 bridgehead atoms. The summed E-state index contributed by atoms with van der Waals surface area (Å²) in [5.41, 5.74) is 0.851. The van der Waals surface area contributed by atoms with E-state index >= 15 is 0 Å². The first kappa shape index (κ1) is 13.1. The molecule has 1 fully saturated rings. The summed E-state index contributed by atoms with van der Waals surface area (Å²) >= 11 is 0. The third-order valence-electron chi connectivity index (χ3n) is 4.09. The Labute approximate surface area is 119 Å². The van der Waals surface area contributed by atoms with Crippen LogP contribution in [-0.2, 0) is 0 Å². The highest BCUT2D eigenvalue weighted by Crippen LogP contribution is 2.25. The largest absolute Gasteiger partial charge is 0.292 e. The van der Waals surface area contributed by atoms with Crippen molar-refractivity contribution in [1.29, 1.82) is 0 Å². The maximum atomic E-state index is 12.9. The van der Waals surface area contributed by atoms with E-state index < -0.39 is 0 Å². The number of Topliss-reactive ketones (excluding diaryl/α,β-unsaturated/α-hetero) is 1. The van der Waals surface area contributed by atoms with Crippen molar-refractivity contribution in [2.45, 2.75) is 18.9 Å². The number of carbonyl (C=O) groups is 1. The van der Waals surface area contributed by atoms with Gasteiger partial charge in [0, 0.05) is 12.1 Å². The molecule has 102 valence electrons. The van der Waals surface area contributed by atoms with Crippen molar-refractivity contribution in [3.05, 3.63) is 60.7 Å². The predicted octanol–water partition coefficient (Wildman–Crippen LogP) is 3.67. The summed E-state index contributed by atoms with van der Waals surface area (Å²) in [6.45, 7) is 5.57. The molecule has 0 aliphatic carbocycles. The van der Waals surface area contributed by atoms with Crippen LogP contribution in [0, 0.1) is 0 Å². The number of hydrogen-bond donors (Lipinski definition) is 0. The molecule has 1 atom stereocenters. The van der Waals surface area contributed by atoms with Crippen molar-refractivity contribution in [1.82, 2.24) is 4.90 Å². The van der Waals surface area contributed by atoms with Crippen LogP contribution >= 0.6 is 0 Å². The molecule has 0 unspecified atom stereocenters. The molecule has 3 rings (SSSR count). The number of rotatable bonds is 4. The lowest BCUT2D eigenvalue weighted by atomic mass is 9.96. The number of nitrogens with zero attached hydrogens (tertiary/aromatic N) is 1. The minimum atomic E-state index is 0.0128. The summed E-state index contributed by atoms with van der Waals surface area (Å²) in [5.74, 6) is 0.251. The molecule has 1 saturated heterocycles. The summed E-state index contributed by atoms with van der Waals surface area (Å²) in [7, 11) is 0. The number of carbonyl (C=O) groups excluding carboxylic acids is 1. The Hall–Kier alpha value is -1.93. The fourth-order valence-electron chi connectivity index (χ4n) is 3.13. The van der Waals surface area contributed by atoms with Gasteiger partial charge in [0.1, 0.15) is 0 Å². The first-order valence-corrected chi connectivity index (χ1v) is 7.18. The Morgan fingerprint density at radius 1 is 1.25 bits per heavy atom. The second-order valence-corrected chi connectivity index (χ2v) is 5.33. The van der Waals surface area contributed by atoms with Gasteiger partial charge in [0.15, 0.2) is 5.78 Å². The van der Waals surface area contributed by atoms with Crippen molar-refractivity contribution in [3.8, 4) is 0 Å². The van der Waals surface area contributed by atoms with Crippen molar-refractivity contribution < 1.29 is 4.79 Å². The quantitative estimate of drug-likeness (QED) is 0.621. The zero-order valence-electron chi connectivity index (χ0n) is 11.6. The fraction of sp³-hybridized carbons (Fsp3) is 0.278. The van der Waals surface area contributed by atoms with Gasteiger partial charge in [0.05, 0.1) is 6.04 Å². The van der Waals surface area contributed by atoms with E-state index in [0.717, 1.165) is 42.3 Å². The number of benzene rings is 2. The Kier molecular flexibility index (Phi) is 3.66. The van der Waals surface area contributed by atoms with Crippen LogP contribution in [0.25, 0.3) is 10.8 Å². The summed E-state index contributed by atoms with van der Waals surface area (Å²) in [5, 5.41) is 2.19. The summed E-state index contributed by atoms with van der Waals surface area (Å²) < 4.78 is 0. The molecule has 0 saturated carbocycles. The third-order valence-corrected chi connectivity index (χ3v) is 4.09. The maximum absolute atomic E-state index is 12.9. The molecule has 0 N–H and O–H groups in total. The maximum Gasteiger partial charge on any atom is 0.180 e. The van der Waals surface area contributed by atoms with E-state index in [-0.39, 0.29) is 11.8 Å². The van der Waals surface area contributed by atoms with E-state index in [1.165, 1.54) is 0 Å². The SMILES string of the molecule is C=CCN1CCC[C@@H]1C(=O)c1cccc2ccccc12. The van der Waals surface area contributed by atoms with E-state index in [1.807, 2.05) is 36.4 Å². The highest BCUT2D eigenvalue weighted by atomic mass is 16.1. The minimum absolute atomic E-state index is 0.0128. The van der Waals surface area contributed by atoms with E-state index in [1.54, 1.807) is 0 Å². The second-order valence-electron chi connectivity index (χ2n) is 5.33. The first-order valence-electron chi connectivity index (χ1n) is 7.18. The Morgan fingerprint density at radius 3 is 2.90 bits per heavy atom. The van der Waals surface area contributed by atoms with Gasteiger partial charge < -0.3 is 0 Å². The average Bonchev–Trinajstić information content (AvgIpc) is 2.94. The van der Waals surface area contributed by atoms with Gasteiger partial charge in [0.25, 0.3) is 0 Å². The highest BCUT2D eigenvalue weighted by molar-refractivity contribution is 6.10. The lowest BCUT2D eigenvalue weighted by molar-refractivity contribution is 0.0881. The predicted molar refractivity (Wildman–Crippen MR) is 83.1 cm³/mol. The Balaban J connectivity index is 1.98. The topological polar surface area (TPSA) is 20.3 Å². The average molecular weight is 265 g/mol. The van der Waals surface area contributed by atoms with E-state index in [0.29, 0.717) is 0 Å². The molecule has 1 aliphatic heterocycles. The zero-order valence-corrected chi connectivity index (χ0v) is 11.6. The van der Waals surface area contributed by atoms with Gasteiger partial charge in [-0.25, -0.2) is 0 Å². The van der Waals surface area contributed by atoms with Crippen LogP contribution in [0.2, 0.25) is 0 Å². The lowest BCUT2D eigenvalue weighted by Crippen LogP contribution is -2.36. The highest BCUT2D eigenvalue weighted by Gasteiger charge is 2.30. The number of likely N-dealkylation sites (tertiary alicyclic amines) is 1. The normalized spacial score (nSPS) is 19.3. The van der Waals surface area contributed by atoms with Crippen LogP contribution in [-0.4, -0.2) is 29.8 Å². The molecule has 2 aromatic rings. The summed E-state index contributed by atoms with van der Waals surface area (Å²) in [6.07, 6.45) is 3.93. The standard InChI is InChI=1S/C18H19NO/c1-2-12-19-13-6-11-17(19)18(20)16-10-5-8-14-7-3-4-9-15(14)16/h2-5,7-10,17H,1,6,11-13H2/t17-/m1/s1. The third kappa shape index (κ3) is 2.27. The molecule has 0 aromatic heterocycles. The van der Waals surface area contributed by atoms with Crippen molar-refractivity contribution in [3.63, 3.8) is 0 Å². The van der Waals surface area contributed by atoms with Crippen LogP contribution in [0.5, 0.6) is 0 Å². The van der Waals surface area contributed by atoms with Crippen LogP contribution in [0.4, 0.5) is 0 Å². The fourth-order valence-corrected chi connectivity index (χ4v) is 3.13. The molecule has 2 heteroatoms. The molecule has 0 spiro atoms. The van der Waals surface area contributed by atoms with Crippen LogP contribution in [0.1, 0.15) is 23.2 Å². The molecule has 20 heavy (non-hydrogen) atoms. The first-order chi connectivity index (χ1) is 9.81. The van der Waals surface area contributed by atoms with Gasteiger partial charge in [-0.1, -0.05) is 48.5 Å². The zero-order chi connectivity index (χ0) is 13.9. The van der Waals surface area contributed by atoms with Crippen molar-refractivity contribution in [2.75, 3.05) is 13.1 Å². The Morgan fingerprint density at radius 2 is 2.05 bits per heavy atom. The number of ketones is 1. The van der Waals surface area contributed by atoms with Gasteiger partial charge in [-0.15, -0.1) is 6.58 Å². The van der Waals surface area contributed by atoms with Crippen LogP contribution < -0.4 is 0 Å². The second kappa shape index (κ2) is 5.59. The lowest BCUT2D eigenvalue weighted by Gasteiger charge is -2.22. The molecule has 0 radical (unpaired) electrons. The number of hydrogen-bond acceptors (Lipinski definition) is 2. The van der Waals surface area contributed by atoms with E-state index in [9.17, 15) is 4.79 Å². The van der Waals surface area contributed by atoms with Gasteiger partial charge in [0.2, 0.25) is 0 Å². The molecule has 2 nitrogen and oxygen atoms in total. The molecule has 0 amide bonds. The van der Waals surface area contributed by atoms with Crippen LogP contribution in [0.3, 0.4) is 0 Å². The van der Waals surface area contributed by atoms with Crippen molar-refractivity contribution >= 4 is 16.6 Å². The molecule has 2 aromatic carbocycles. The molecular formula is C18H19NO. The van der Waals surface area contributed by atoms with Gasteiger partial charge in [-0.05, 0) is 30.2 Å². The minimum Gasteiger partial charge on any atom is -0.292 e. The molecule has 1 aliphatic rings. The van der Waals surface area contributed by atoms with Gasteiger partial charge in [-0.2, -0.15) is 0 Å². The van der Waals surface area contributed by atoms with E-state index in [2.05, 4.69) is 23.6 Å². The molecule has 1 heterocycles. The van der Waals surface area contributed by atoms with Gasteiger partial charge in [-0.3, -0.25) is 9.69 Å². The Bertz CT molecular complexity index is 641. The van der Waals surface area contributed by atoms with Crippen molar-refractivity contribution in [2.24, 2.45) is 0 Å². The van der Waals surface area contributed by atoms with E-state index in [4.69, 9.17) is 0 Å². The van der Waals surface area contributed by atoms with Gasteiger partial charge >= 0.3 is 0 Å². The molecular weight excluding hydrogens is 246 g/mol. The monoisotopic (exact) mass is 265 g/mol. The summed E-state index contributed by atoms with van der Waals surface area (Å²) in [6, 6.07) is 14.1. The number of fused-ring (bicyclic) bond motifs is 1. The smallest absolute Gasteiger partial charge is 0.180 e. The summed E-state index contributed by atoms with van der Waals surface area (Å²) in [4.78, 5) is 15.1.